The maximum atomic E-state index is 12.8. The number of amides is 2. The van der Waals surface area contributed by atoms with Crippen LogP contribution in [0, 0.1) is 6.92 Å². The lowest BCUT2D eigenvalue weighted by Gasteiger charge is -2.22. The van der Waals surface area contributed by atoms with Gasteiger partial charge in [-0.05, 0) is 31.4 Å². The summed E-state index contributed by atoms with van der Waals surface area (Å²) in [5.74, 6) is -0.380. The molecule has 1 unspecified atom stereocenters. The van der Waals surface area contributed by atoms with Crippen molar-refractivity contribution in [2.24, 2.45) is 0 Å². The average Bonchev–Trinajstić information content (AvgIpc) is 3.43. The molecule has 0 radical (unpaired) electrons. The molecule has 0 bridgehead atoms. The SMILES string of the molecule is Cc1ccc(-c2nnc(NC(=O)C3CCCN3C(=O)/C=C/c3ccccc3)s2)cc1. The van der Waals surface area contributed by atoms with Crippen LogP contribution >= 0.6 is 11.3 Å². The Morgan fingerprint density at radius 3 is 2.63 bits per heavy atom. The molecule has 1 N–H and O–H groups in total. The molecule has 3 aromatic rings. The summed E-state index contributed by atoms with van der Waals surface area (Å²) in [5.41, 5.74) is 3.08. The molecular weight excluding hydrogens is 396 g/mol. The molecule has 1 aliphatic heterocycles. The van der Waals surface area contributed by atoms with Crippen LogP contribution < -0.4 is 5.32 Å². The number of aromatic nitrogens is 2. The number of benzene rings is 2. The van der Waals surface area contributed by atoms with Gasteiger partial charge >= 0.3 is 0 Å². The van der Waals surface area contributed by atoms with Gasteiger partial charge in [0.1, 0.15) is 11.0 Å². The molecule has 152 valence electrons. The monoisotopic (exact) mass is 418 g/mol. The summed E-state index contributed by atoms with van der Waals surface area (Å²) in [6, 6.07) is 17.1. The number of likely N-dealkylation sites (tertiary alicyclic amines) is 1. The highest BCUT2D eigenvalue weighted by atomic mass is 32.1. The van der Waals surface area contributed by atoms with Crippen molar-refractivity contribution >= 4 is 34.4 Å². The minimum Gasteiger partial charge on any atom is -0.327 e. The molecule has 2 aromatic carbocycles. The van der Waals surface area contributed by atoms with Gasteiger partial charge in [0.05, 0.1) is 0 Å². The van der Waals surface area contributed by atoms with Gasteiger partial charge in [0.2, 0.25) is 16.9 Å². The normalized spacial score (nSPS) is 16.2. The van der Waals surface area contributed by atoms with Crippen molar-refractivity contribution in [2.45, 2.75) is 25.8 Å². The molecule has 2 amide bonds. The molecule has 1 aliphatic rings. The number of carbonyl (C=O) groups is 2. The van der Waals surface area contributed by atoms with E-state index >= 15 is 0 Å². The van der Waals surface area contributed by atoms with Crippen LogP contribution in [0.4, 0.5) is 5.13 Å². The summed E-state index contributed by atoms with van der Waals surface area (Å²) >= 11 is 1.32. The minimum atomic E-state index is -0.496. The third-order valence-corrected chi connectivity index (χ3v) is 5.90. The zero-order valence-corrected chi connectivity index (χ0v) is 17.4. The Balaban J connectivity index is 1.41. The minimum absolute atomic E-state index is 0.158. The molecule has 1 saturated heterocycles. The highest BCUT2D eigenvalue weighted by Crippen LogP contribution is 2.27. The van der Waals surface area contributed by atoms with E-state index in [-0.39, 0.29) is 11.8 Å². The molecule has 0 saturated carbocycles. The number of aryl methyl sites for hydroxylation is 1. The molecule has 4 rings (SSSR count). The third kappa shape index (κ3) is 4.63. The van der Waals surface area contributed by atoms with Crippen LogP contribution in [0.5, 0.6) is 0 Å². The van der Waals surface area contributed by atoms with Gasteiger partial charge in [-0.25, -0.2) is 0 Å². The molecule has 7 heteroatoms. The van der Waals surface area contributed by atoms with E-state index in [4.69, 9.17) is 0 Å². The first-order valence-electron chi connectivity index (χ1n) is 9.85. The van der Waals surface area contributed by atoms with E-state index < -0.39 is 6.04 Å². The maximum Gasteiger partial charge on any atom is 0.249 e. The third-order valence-electron chi connectivity index (χ3n) is 5.01. The summed E-state index contributed by atoms with van der Waals surface area (Å²) < 4.78 is 0. The van der Waals surface area contributed by atoms with Gasteiger partial charge in [-0.1, -0.05) is 71.5 Å². The fraction of sp³-hybridized carbons (Fsp3) is 0.217. The molecule has 1 atom stereocenters. The number of hydrogen-bond donors (Lipinski definition) is 1. The van der Waals surface area contributed by atoms with Gasteiger partial charge in [-0.3, -0.25) is 14.9 Å². The van der Waals surface area contributed by atoms with Crippen molar-refractivity contribution in [2.75, 3.05) is 11.9 Å². The predicted octanol–water partition coefficient (Wildman–Crippen LogP) is 4.16. The summed E-state index contributed by atoms with van der Waals surface area (Å²) in [6.45, 7) is 2.60. The lowest BCUT2D eigenvalue weighted by Crippen LogP contribution is -2.42. The highest BCUT2D eigenvalue weighted by molar-refractivity contribution is 7.18. The average molecular weight is 419 g/mol. The quantitative estimate of drug-likeness (QED) is 0.632. The molecular formula is C23H22N4O2S. The maximum absolute atomic E-state index is 12.8. The van der Waals surface area contributed by atoms with E-state index in [9.17, 15) is 9.59 Å². The summed E-state index contributed by atoms with van der Waals surface area (Å²) in [6.07, 6.45) is 4.74. The smallest absolute Gasteiger partial charge is 0.249 e. The van der Waals surface area contributed by atoms with Crippen molar-refractivity contribution < 1.29 is 9.59 Å². The van der Waals surface area contributed by atoms with Crippen LogP contribution in [-0.2, 0) is 9.59 Å². The Labute approximate surface area is 179 Å². The molecule has 2 heterocycles. The van der Waals surface area contributed by atoms with E-state index in [1.54, 1.807) is 11.0 Å². The number of nitrogens with one attached hydrogen (secondary N) is 1. The number of anilines is 1. The second-order valence-electron chi connectivity index (χ2n) is 7.20. The van der Waals surface area contributed by atoms with E-state index in [0.29, 0.717) is 18.1 Å². The Morgan fingerprint density at radius 2 is 1.87 bits per heavy atom. The first kappa shape index (κ1) is 20.0. The van der Waals surface area contributed by atoms with Crippen LogP contribution in [0.25, 0.3) is 16.6 Å². The van der Waals surface area contributed by atoms with Crippen molar-refractivity contribution in [1.29, 1.82) is 0 Å². The standard InChI is InChI=1S/C23H22N4O2S/c1-16-9-12-18(13-10-16)22-25-26-23(30-22)24-21(29)19-8-5-15-27(19)20(28)14-11-17-6-3-2-4-7-17/h2-4,6-7,9-14,19H,5,8,15H2,1H3,(H,24,26,29)/b14-11+. The lowest BCUT2D eigenvalue weighted by molar-refractivity contribution is -0.132. The Kier molecular flexibility index (Phi) is 5.99. The van der Waals surface area contributed by atoms with E-state index in [2.05, 4.69) is 15.5 Å². The molecule has 0 aliphatic carbocycles. The van der Waals surface area contributed by atoms with Crippen molar-refractivity contribution in [3.05, 3.63) is 71.8 Å². The summed E-state index contributed by atoms with van der Waals surface area (Å²) in [4.78, 5) is 27.1. The largest absolute Gasteiger partial charge is 0.327 e. The first-order valence-corrected chi connectivity index (χ1v) is 10.7. The predicted molar refractivity (Wildman–Crippen MR) is 119 cm³/mol. The fourth-order valence-electron chi connectivity index (χ4n) is 3.41. The van der Waals surface area contributed by atoms with Crippen LogP contribution in [0.3, 0.4) is 0 Å². The Bertz CT molecular complexity index is 1060. The molecule has 0 spiro atoms. The van der Waals surface area contributed by atoms with Crippen LogP contribution in [0.1, 0.15) is 24.0 Å². The Hall–Kier alpha value is -3.32. The van der Waals surface area contributed by atoms with Gasteiger partial charge in [0.15, 0.2) is 0 Å². The number of carbonyl (C=O) groups excluding carboxylic acids is 2. The van der Waals surface area contributed by atoms with Gasteiger partial charge in [0.25, 0.3) is 0 Å². The Morgan fingerprint density at radius 1 is 1.10 bits per heavy atom. The van der Waals surface area contributed by atoms with Crippen LogP contribution in [0.2, 0.25) is 0 Å². The van der Waals surface area contributed by atoms with E-state index in [1.807, 2.05) is 61.5 Å². The number of hydrogen-bond acceptors (Lipinski definition) is 5. The molecule has 1 fully saturated rings. The van der Waals surface area contributed by atoms with Crippen molar-refractivity contribution in [1.82, 2.24) is 15.1 Å². The van der Waals surface area contributed by atoms with Gasteiger partial charge in [-0.2, -0.15) is 0 Å². The van der Waals surface area contributed by atoms with Gasteiger partial charge < -0.3 is 4.90 Å². The van der Waals surface area contributed by atoms with Crippen LogP contribution in [0.15, 0.2) is 60.7 Å². The summed E-state index contributed by atoms with van der Waals surface area (Å²) in [5, 5.41) is 12.3. The highest BCUT2D eigenvalue weighted by Gasteiger charge is 2.33. The number of rotatable bonds is 5. The fourth-order valence-corrected chi connectivity index (χ4v) is 4.16. The van der Waals surface area contributed by atoms with Crippen molar-refractivity contribution in [3.8, 4) is 10.6 Å². The van der Waals surface area contributed by atoms with Crippen molar-refractivity contribution in [3.63, 3.8) is 0 Å². The first-order chi connectivity index (χ1) is 14.6. The summed E-state index contributed by atoms with van der Waals surface area (Å²) in [7, 11) is 0. The zero-order valence-electron chi connectivity index (χ0n) is 16.6. The topological polar surface area (TPSA) is 75.2 Å². The second-order valence-corrected chi connectivity index (χ2v) is 8.18. The molecule has 30 heavy (non-hydrogen) atoms. The molecule has 1 aromatic heterocycles. The second kappa shape index (κ2) is 9.00. The van der Waals surface area contributed by atoms with E-state index in [1.165, 1.54) is 23.0 Å². The molecule has 6 nitrogen and oxygen atoms in total. The number of nitrogens with zero attached hydrogens (tertiary/aromatic N) is 3. The zero-order chi connectivity index (χ0) is 20.9. The van der Waals surface area contributed by atoms with Gasteiger partial charge in [-0.15, -0.1) is 10.2 Å². The lowest BCUT2D eigenvalue weighted by atomic mass is 10.2. The van der Waals surface area contributed by atoms with Gasteiger partial charge in [0, 0.05) is 18.2 Å². The van der Waals surface area contributed by atoms with Crippen LogP contribution in [-0.4, -0.2) is 39.5 Å². The van der Waals surface area contributed by atoms with E-state index in [0.717, 1.165) is 22.6 Å².